The van der Waals surface area contributed by atoms with Crippen LogP contribution in [0.2, 0.25) is 0 Å². The molecule has 0 aliphatic carbocycles. The first kappa shape index (κ1) is 16.8. The Morgan fingerprint density at radius 2 is 2.00 bits per heavy atom. The lowest BCUT2D eigenvalue weighted by atomic mass is 10.0. The van der Waals surface area contributed by atoms with Gasteiger partial charge in [-0.3, -0.25) is 9.69 Å². The molecule has 0 bridgehead atoms. The third-order valence-electron chi connectivity index (χ3n) is 3.88. The Hall–Kier alpha value is -1.59. The van der Waals surface area contributed by atoms with E-state index in [1.54, 1.807) is 0 Å². The lowest BCUT2D eigenvalue weighted by Crippen LogP contribution is -2.42. The number of rotatable bonds is 7. The molecule has 1 saturated heterocycles. The van der Waals surface area contributed by atoms with Crippen molar-refractivity contribution in [1.29, 1.82) is 0 Å². The second kappa shape index (κ2) is 8.76. The minimum Gasteiger partial charge on any atom is -0.379 e. The maximum Gasteiger partial charge on any atom is 0.239 e. The van der Waals surface area contributed by atoms with Crippen LogP contribution >= 0.6 is 0 Å². The van der Waals surface area contributed by atoms with Crippen molar-refractivity contribution in [3.8, 4) is 0 Å². The van der Waals surface area contributed by atoms with Crippen molar-refractivity contribution in [2.45, 2.75) is 19.8 Å². The summed E-state index contributed by atoms with van der Waals surface area (Å²) >= 11 is 0. The molecule has 0 radical (unpaired) electrons. The molecule has 1 heterocycles. The molecule has 0 spiro atoms. The fraction of sp³-hybridized carbons (Fsp3) is 0.588. The van der Waals surface area contributed by atoms with Gasteiger partial charge in [-0.15, -0.1) is 0 Å². The van der Waals surface area contributed by atoms with E-state index in [9.17, 15) is 4.79 Å². The van der Waals surface area contributed by atoms with Crippen LogP contribution in [0.4, 0.5) is 5.69 Å². The number of anilines is 1. The molecule has 0 unspecified atom stereocenters. The highest BCUT2D eigenvalue weighted by Gasteiger charge is 2.10. The Morgan fingerprint density at radius 3 is 2.73 bits per heavy atom. The molecule has 1 aromatic rings. The van der Waals surface area contributed by atoms with Gasteiger partial charge < -0.3 is 15.4 Å². The quantitative estimate of drug-likeness (QED) is 0.804. The molecule has 1 aliphatic heterocycles. The maximum atomic E-state index is 11.9. The molecular formula is C17H27N3O2. The van der Waals surface area contributed by atoms with Crippen molar-refractivity contribution in [2.75, 3.05) is 51.3 Å². The number of para-hydroxylation sites is 1. The van der Waals surface area contributed by atoms with Gasteiger partial charge in [-0.05, 0) is 17.5 Å². The Bertz CT molecular complexity index is 471. The highest BCUT2D eigenvalue weighted by Crippen LogP contribution is 2.23. The normalized spacial score (nSPS) is 15.8. The Balaban J connectivity index is 1.69. The van der Waals surface area contributed by atoms with E-state index >= 15 is 0 Å². The monoisotopic (exact) mass is 305 g/mol. The number of carbonyl (C=O) groups excluding carboxylic acids is 1. The van der Waals surface area contributed by atoms with E-state index in [0.717, 1.165) is 38.5 Å². The number of amides is 1. The van der Waals surface area contributed by atoms with Gasteiger partial charge in [-0.1, -0.05) is 32.0 Å². The van der Waals surface area contributed by atoms with Crippen LogP contribution in [0, 0.1) is 0 Å². The molecule has 1 amide bonds. The van der Waals surface area contributed by atoms with Crippen LogP contribution in [-0.4, -0.2) is 56.7 Å². The predicted octanol–water partition coefficient (Wildman–Crippen LogP) is 1.67. The molecule has 5 heteroatoms. The minimum absolute atomic E-state index is 0.0341. The van der Waals surface area contributed by atoms with E-state index in [4.69, 9.17) is 4.74 Å². The topological polar surface area (TPSA) is 53.6 Å². The summed E-state index contributed by atoms with van der Waals surface area (Å²) in [5, 5.41) is 6.20. The van der Waals surface area contributed by atoms with Gasteiger partial charge in [0.15, 0.2) is 0 Å². The summed E-state index contributed by atoms with van der Waals surface area (Å²) in [5.74, 6) is 0.472. The number of ether oxygens (including phenoxy) is 1. The average Bonchev–Trinajstić information content (AvgIpc) is 2.54. The zero-order valence-electron chi connectivity index (χ0n) is 13.6. The van der Waals surface area contributed by atoms with Crippen molar-refractivity contribution >= 4 is 11.6 Å². The van der Waals surface area contributed by atoms with Gasteiger partial charge in [0.1, 0.15) is 0 Å². The van der Waals surface area contributed by atoms with Crippen molar-refractivity contribution in [1.82, 2.24) is 10.2 Å². The summed E-state index contributed by atoms with van der Waals surface area (Å²) in [6, 6.07) is 8.15. The molecule has 22 heavy (non-hydrogen) atoms. The first-order valence-corrected chi connectivity index (χ1v) is 8.06. The highest BCUT2D eigenvalue weighted by atomic mass is 16.5. The van der Waals surface area contributed by atoms with Crippen molar-refractivity contribution in [3.05, 3.63) is 29.8 Å². The SMILES string of the molecule is CC(C)c1ccccc1NCC(=O)NCCN1CCOCC1. The smallest absolute Gasteiger partial charge is 0.239 e. The standard InChI is InChI=1S/C17H27N3O2/c1-14(2)15-5-3-4-6-16(15)19-13-17(21)18-7-8-20-9-11-22-12-10-20/h3-6,14,19H,7-13H2,1-2H3,(H,18,21). The molecule has 1 aromatic carbocycles. The van der Waals surface area contributed by atoms with Crippen molar-refractivity contribution < 1.29 is 9.53 Å². The van der Waals surface area contributed by atoms with Crippen LogP contribution in [0.15, 0.2) is 24.3 Å². The van der Waals surface area contributed by atoms with Crippen LogP contribution in [0.1, 0.15) is 25.3 Å². The Kier molecular flexibility index (Phi) is 6.68. The predicted molar refractivity (Wildman–Crippen MR) is 89.3 cm³/mol. The maximum absolute atomic E-state index is 11.9. The van der Waals surface area contributed by atoms with Gasteiger partial charge >= 0.3 is 0 Å². The van der Waals surface area contributed by atoms with E-state index in [1.807, 2.05) is 18.2 Å². The van der Waals surface area contributed by atoms with Crippen LogP contribution in [0.25, 0.3) is 0 Å². The van der Waals surface area contributed by atoms with E-state index in [-0.39, 0.29) is 5.91 Å². The number of nitrogens with one attached hydrogen (secondary N) is 2. The summed E-state index contributed by atoms with van der Waals surface area (Å²) < 4.78 is 5.31. The summed E-state index contributed by atoms with van der Waals surface area (Å²) in [6.07, 6.45) is 0. The fourth-order valence-corrected chi connectivity index (χ4v) is 2.58. The van der Waals surface area contributed by atoms with Crippen molar-refractivity contribution in [2.24, 2.45) is 0 Å². The van der Waals surface area contributed by atoms with Crippen LogP contribution < -0.4 is 10.6 Å². The van der Waals surface area contributed by atoms with E-state index < -0.39 is 0 Å². The third kappa shape index (κ3) is 5.31. The molecule has 5 nitrogen and oxygen atoms in total. The van der Waals surface area contributed by atoms with Crippen LogP contribution in [0.5, 0.6) is 0 Å². The van der Waals surface area contributed by atoms with Gasteiger partial charge in [-0.2, -0.15) is 0 Å². The number of nitrogens with zero attached hydrogens (tertiary/aromatic N) is 1. The second-order valence-corrected chi connectivity index (χ2v) is 5.90. The van der Waals surface area contributed by atoms with Crippen molar-refractivity contribution in [3.63, 3.8) is 0 Å². The number of benzene rings is 1. The van der Waals surface area contributed by atoms with Gasteiger partial charge in [0, 0.05) is 31.9 Å². The average molecular weight is 305 g/mol. The van der Waals surface area contributed by atoms with Gasteiger partial charge in [0.2, 0.25) is 5.91 Å². The first-order chi connectivity index (χ1) is 10.7. The van der Waals surface area contributed by atoms with E-state index in [1.165, 1.54) is 5.56 Å². The Morgan fingerprint density at radius 1 is 1.27 bits per heavy atom. The van der Waals surface area contributed by atoms with E-state index in [2.05, 4.69) is 35.4 Å². The first-order valence-electron chi connectivity index (χ1n) is 8.06. The fourth-order valence-electron chi connectivity index (χ4n) is 2.58. The summed E-state index contributed by atoms with van der Waals surface area (Å²) in [6.45, 7) is 9.69. The largest absolute Gasteiger partial charge is 0.379 e. The summed E-state index contributed by atoms with van der Waals surface area (Å²) in [7, 11) is 0. The number of hydrogen-bond acceptors (Lipinski definition) is 4. The molecule has 0 saturated carbocycles. The third-order valence-corrected chi connectivity index (χ3v) is 3.88. The van der Waals surface area contributed by atoms with Crippen LogP contribution in [-0.2, 0) is 9.53 Å². The molecule has 2 N–H and O–H groups in total. The van der Waals surface area contributed by atoms with Crippen LogP contribution in [0.3, 0.4) is 0 Å². The molecule has 122 valence electrons. The Labute approximate surface area is 133 Å². The zero-order valence-corrected chi connectivity index (χ0v) is 13.6. The van der Waals surface area contributed by atoms with Gasteiger partial charge in [0.25, 0.3) is 0 Å². The number of morpholine rings is 1. The summed E-state index contributed by atoms with van der Waals surface area (Å²) in [5.41, 5.74) is 2.28. The molecule has 0 atom stereocenters. The zero-order chi connectivity index (χ0) is 15.8. The van der Waals surface area contributed by atoms with Gasteiger partial charge in [0.05, 0.1) is 19.8 Å². The summed E-state index contributed by atoms with van der Waals surface area (Å²) in [4.78, 5) is 14.2. The number of hydrogen-bond donors (Lipinski definition) is 2. The minimum atomic E-state index is 0.0341. The highest BCUT2D eigenvalue weighted by molar-refractivity contribution is 5.81. The molecule has 1 aliphatic rings. The van der Waals surface area contributed by atoms with E-state index in [0.29, 0.717) is 19.0 Å². The lowest BCUT2D eigenvalue weighted by molar-refractivity contribution is -0.119. The number of carbonyl (C=O) groups is 1. The second-order valence-electron chi connectivity index (χ2n) is 5.90. The molecule has 1 fully saturated rings. The molecular weight excluding hydrogens is 278 g/mol. The molecule has 2 rings (SSSR count). The lowest BCUT2D eigenvalue weighted by Gasteiger charge is -2.26. The molecule has 0 aromatic heterocycles. The van der Waals surface area contributed by atoms with Gasteiger partial charge in [-0.25, -0.2) is 0 Å².